The van der Waals surface area contributed by atoms with Crippen molar-refractivity contribution in [3.63, 3.8) is 0 Å². The molecule has 110 valence electrons. The van der Waals surface area contributed by atoms with Crippen LogP contribution < -0.4 is 10.9 Å². The summed E-state index contributed by atoms with van der Waals surface area (Å²) < 4.78 is 0. The summed E-state index contributed by atoms with van der Waals surface area (Å²) in [6, 6.07) is 3.02. The van der Waals surface area contributed by atoms with Gasteiger partial charge in [-0.2, -0.15) is 0 Å². The van der Waals surface area contributed by atoms with E-state index in [-0.39, 0.29) is 23.1 Å². The van der Waals surface area contributed by atoms with Gasteiger partial charge in [0.05, 0.1) is 6.04 Å². The molecule has 0 aliphatic carbocycles. The number of nitrogens with zero attached hydrogens (tertiary/aromatic N) is 3. The van der Waals surface area contributed by atoms with Gasteiger partial charge in [-0.1, -0.05) is 13.8 Å². The molecule has 0 aliphatic rings. The fraction of sp³-hybridized carbons (Fsp3) is 0.357. The van der Waals surface area contributed by atoms with E-state index in [0.717, 1.165) is 0 Å². The Kier molecular flexibility index (Phi) is 4.42. The highest BCUT2D eigenvalue weighted by molar-refractivity contribution is 5.78. The van der Waals surface area contributed by atoms with Crippen molar-refractivity contribution < 1.29 is 4.79 Å². The standard InChI is InChI=1S/C14H17N5O2/c1-8(2)13(20)16-9(3)11-14(21)17-12(19-18-11)10-5-4-6-15-7-10/h4-9H,1-3H3,(H,16,20)(H,17,19,21). The number of H-pyrrole nitrogens is 1. The fourth-order valence-electron chi connectivity index (χ4n) is 1.71. The summed E-state index contributed by atoms with van der Waals surface area (Å²) in [5, 5.41) is 10.6. The van der Waals surface area contributed by atoms with E-state index in [1.165, 1.54) is 0 Å². The van der Waals surface area contributed by atoms with Crippen LogP contribution >= 0.6 is 0 Å². The number of rotatable bonds is 4. The van der Waals surface area contributed by atoms with Crippen molar-refractivity contribution in [2.75, 3.05) is 0 Å². The van der Waals surface area contributed by atoms with Crippen LogP contribution in [0.25, 0.3) is 11.4 Å². The average Bonchev–Trinajstić information content (AvgIpc) is 2.47. The molecule has 1 amide bonds. The molecule has 0 bridgehead atoms. The SMILES string of the molecule is CC(C)C(=O)NC(C)c1nnc(-c2cccnc2)[nH]c1=O. The number of aromatic nitrogens is 4. The number of nitrogens with one attached hydrogen (secondary N) is 2. The third-order valence-corrected chi connectivity index (χ3v) is 2.95. The molecule has 0 spiro atoms. The van der Waals surface area contributed by atoms with Crippen LogP contribution in [-0.2, 0) is 4.79 Å². The van der Waals surface area contributed by atoms with Gasteiger partial charge in [-0.25, -0.2) is 0 Å². The van der Waals surface area contributed by atoms with Crippen molar-refractivity contribution in [1.82, 2.24) is 25.5 Å². The van der Waals surface area contributed by atoms with E-state index >= 15 is 0 Å². The first kappa shape index (κ1) is 14.8. The minimum atomic E-state index is -0.501. The molecule has 21 heavy (non-hydrogen) atoms. The summed E-state index contributed by atoms with van der Waals surface area (Å²) >= 11 is 0. The zero-order valence-electron chi connectivity index (χ0n) is 12.1. The van der Waals surface area contributed by atoms with Gasteiger partial charge >= 0.3 is 0 Å². The second kappa shape index (κ2) is 6.25. The number of aromatic amines is 1. The maximum atomic E-state index is 12.1. The molecule has 0 saturated carbocycles. The Labute approximate surface area is 121 Å². The predicted octanol–water partition coefficient (Wildman–Crippen LogP) is 1.06. The lowest BCUT2D eigenvalue weighted by molar-refractivity contribution is -0.124. The first-order valence-corrected chi connectivity index (χ1v) is 6.66. The Morgan fingerprint density at radius 3 is 2.62 bits per heavy atom. The first-order valence-electron chi connectivity index (χ1n) is 6.66. The third kappa shape index (κ3) is 3.50. The van der Waals surface area contributed by atoms with Crippen LogP contribution in [0.2, 0.25) is 0 Å². The highest BCUT2D eigenvalue weighted by Gasteiger charge is 2.17. The van der Waals surface area contributed by atoms with Crippen LogP contribution in [0.4, 0.5) is 0 Å². The van der Waals surface area contributed by atoms with Crippen LogP contribution in [0.3, 0.4) is 0 Å². The lowest BCUT2D eigenvalue weighted by Crippen LogP contribution is -2.34. The maximum absolute atomic E-state index is 12.1. The molecule has 0 aromatic carbocycles. The Bertz CT molecular complexity index is 681. The maximum Gasteiger partial charge on any atom is 0.275 e. The lowest BCUT2D eigenvalue weighted by atomic mass is 10.1. The predicted molar refractivity (Wildman–Crippen MR) is 77.3 cm³/mol. The van der Waals surface area contributed by atoms with E-state index in [4.69, 9.17) is 0 Å². The Balaban J connectivity index is 2.24. The van der Waals surface area contributed by atoms with Crippen LogP contribution in [-0.4, -0.2) is 26.1 Å². The summed E-state index contributed by atoms with van der Waals surface area (Å²) in [5.41, 5.74) is 0.476. The van der Waals surface area contributed by atoms with E-state index < -0.39 is 6.04 Å². The molecule has 2 heterocycles. The molecule has 0 saturated heterocycles. The molecule has 1 atom stereocenters. The average molecular weight is 287 g/mol. The largest absolute Gasteiger partial charge is 0.347 e. The molecule has 7 nitrogen and oxygen atoms in total. The summed E-state index contributed by atoms with van der Waals surface area (Å²) in [6.07, 6.45) is 3.22. The second-order valence-electron chi connectivity index (χ2n) is 5.01. The van der Waals surface area contributed by atoms with E-state index in [0.29, 0.717) is 11.4 Å². The van der Waals surface area contributed by atoms with Crippen molar-refractivity contribution in [3.8, 4) is 11.4 Å². The van der Waals surface area contributed by atoms with E-state index in [1.807, 2.05) is 0 Å². The molecule has 2 N–H and O–H groups in total. The molecule has 0 fully saturated rings. The second-order valence-corrected chi connectivity index (χ2v) is 5.01. The third-order valence-electron chi connectivity index (χ3n) is 2.95. The van der Waals surface area contributed by atoms with Crippen molar-refractivity contribution in [2.24, 2.45) is 5.92 Å². The molecular formula is C14H17N5O2. The number of hydrogen-bond donors (Lipinski definition) is 2. The summed E-state index contributed by atoms with van der Waals surface area (Å²) in [6.45, 7) is 5.26. The van der Waals surface area contributed by atoms with Gasteiger partial charge in [0.15, 0.2) is 11.5 Å². The molecule has 7 heteroatoms. The lowest BCUT2D eigenvalue weighted by Gasteiger charge is -2.14. The number of pyridine rings is 1. The van der Waals surface area contributed by atoms with Gasteiger partial charge in [0.25, 0.3) is 5.56 Å². The quantitative estimate of drug-likeness (QED) is 0.875. The van der Waals surface area contributed by atoms with Gasteiger partial charge in [0, 0.05) is 23.9 Å². The van der Waals surface area contributed by atoms with Crippen LogP contribution in [0.5, 0.6) is 0 Å². The van der Waals surface area contributed by atoms with Gasteiger partial charge in [-0.15, -0.1) is 10.2 Å². The van der Waals surface area contributed by atoms with Gasteiger partial charge in [-0.05, 0) is 19.1 Å². The molecule has 0 aliphatic heterocycles. The van der Waals surface area contributed by atoms with Crippen molar-refractivity contribution >= 4 is 5.91 Å². The summed E-state index contributed by atoms with van der Waals surface area (Å²) in [5.74, 6) is 0.0495. The smallest absolute Gasteiger partial charge is 0.275 e. The number of carbonyl (C=O) groups is 1. The molecule has 2 aromatic rings. The van der Waals surface area contributed by atoms with Gasteiger partial charge in [0.1, 0.15) is 0 Å². The molecule has 2 aromatic heterocycles. The molecular weight excluding hydrogens is 270 g/mol. The number of carbonyl (C=O) groups excluding carboxylic acids is 1. The van der Waals surface area contributed by atoms with E-state index in [2.05, 4.69) is 25.5 Å². The van der Waals surface area contributed by atoms with Crippen LogP contribution in [0, 0.1) is 5.92 Å². The van der Waals surface area contributed by atoms with Gasteiger partial charge < -0.3 is 10.3 Å². The van der Waals surface area contributed by atoms with Crippen LogP contribution in [0.1, 0.15) is 32.5 Å². The number of amides is 1. The Morgan fingerprint density at radius 2 is 2.05 bits per heavy atom. The minimum Gasteiger partial charge on any atom is -0.347 e. The minimum absolute atomic E-state index is 0.139. The van der Waals surface area contributed by atoms with Gasteiger partial charge in [0.2, 0.25) is 5.91 Å². The monoisotopic (exact) mass is 287 g/mol. The Morgan fingerprint density at radius 1 is 1.29 bits per heavy atom. The van der Waals surface area contributed by atoms with Crippen molar-refractivity contribution in [2.45, 2.75) is 26.8 Å². The molecule has 2 rings (SSSR count). The first-order chi connectivity index (χ1) is 9.99. The van der Waals surface area contributed by atoms with Crippen molar-refractivity contribution in [3.05, 3.63) is 40.6 Å². The van der Waals surface area contributed by atoms with E-state index in [1.54, 1.807) is 45.3 Å². The Hall–Kier alpha value is -2.57. The topological polar surface area (TPSA) is 101 Å². The number of hydrogen-bond acceptors (Lipinski definition) is 5. The molecule has 0 radical (unpaired) electrons. The van der Waals surface area contributed by atoms with E-state index in [9.17, 15) is 9.59 Å². The highest BCUT2D eigenvalue weighted by Crippen LogP contribution is 2.11. The normalized spacial score (nSPS) is 12.2. The zero-order chi connectivity index (χ0) is 15.4. The zero-order valence-corrected chi connectivity index (χ0v) is 12.1. The fourth-order valence-corrected chi connectivity index (χ4v) is 1.71. The molecule has 1 unspecified atom stereocenters. The van der Waals surface area contributed by atoms with Crippen molar-refractivity contribution in [1.29, 1.82) is 0 Å². The van der Waals surface area contributed by atoms with Crippen LogP contribution in [0.15, 0.2) is 29.3 Å². The summed E-state index contributed by atoms with van der Waals surface area (Å²) in [4.78, 5) is 30.3. The van der Waals surface area contributed by atoms with Gasteiger partial charge in [-0.3, -0.25) is 14.6 Å². The summed E-state index contributed by atoms with van der Waals surface area (Å²) in [7, 11) is 0. The highest BCUT2D eigenvalue weighted by atomic mass is 16.2.